The summed E-state index contributed by atoms with van der Waals surface area (Å²) in [6.45, 7) is -0.332. The summed E-state index contributed by atoms with van der Waals surface area (Å²) in [4.78, 5) is 4.15. The molecule has 10 heteroatoms. The van der Waals surface area contributed by atoms with E-state index in [1.54, 1.807) is 12.1 Å². The number of hydrogen-bond acceptors (Lipinski definition) is 6. The molecule has 0 bridgehead atoms. The maximum Gasteiger partial charge on any atom is 0.416 e. The Kier molecular flexibility index (Phi) is 5.33. The molecule has 0 atom stereocenters. The molecule has 1 saturated carbocycles. The van der Waals surface area contributed by atoms with Gasteiger partial charge in [-0.1, -0.05) is 0 Å². The third-order valence-electron chi connectivity index (χ3n) is 4.70. The van der Waals surface area contributed by atoms with E-state index < -0.39 is 17.6 Å². The molecule has 3 aromatic rings. The predicted octanol–water partition coefficient (Wildman–Crippen LogP) is 4.73. The number of pyridine rings is 1. The first kappa shape index (κ1) is 20.1. The largest absolute Gasteiger partial charge is 0.491 e. The lowest BCUT2D eigenvalue weighted by atomic mass is 9.92. The Morgan fingerprint density at radius 2 is 1.90 bits per heavy atom. The van der Waals surface area contributed by atoms with Crippen LogP contribution in [0.1, 0.15) is 24.0 Å². The number of hydrogen-bond donors (Lipinski definition) is 1. The molecule has 0 amide bonds. The molecule has 4 rings (SSSR count). The van der Waals surface area contributed by atoms with Crippen LogP contribution in [0.3, 0.4) is 0 Å². The molecular weight excluding hydrogens is 408 g/mol. The summed E-state index contributed by atoms with van der Waals surface area (Å²) in [5.74, 6) is -0.243. The van der Waals surface area contributed by atoms with Crippen molar-refractivity contribution >= 4 is 0 Å². The van der Waals surface area contributed by atoms with Crippen LogP contribution in [0.15, 0.2) is 47.1 Å². The monoisotopic (exact) mass is 424 g/mol. The van der Waals surface area contributed by atoms with Gasteiger partial charge in [-0.25, -0.2) is 9.37 Å². The minimum atomic E-state index is -4.57. The van der Waals surface area contributed by atoms with Crippen molar-refractivity contribution in [3.8, 4) is 23.1 Å². The average molecular weight is 424 g/mol. The second-order valence-corrected chi connectivity index (χ2v) is 6.88. The van der Waals surface area contributed by atoms with E-state index in [0.29, 0.717) is 30.0 Å². The zero-order valence-electron chi connectivity index (χ0n) is 15.4. The van der Waals surface area contributed by atoms with Crippen molar-refractivity contribution in [3.05, 3.63) is 59.5 Å². The second kappa shape index (κ2) is 7.94. The summed E-state index contributed by atoms with van der Waals surface area (Å²) in [6.07, 6.45) is -2.57. The van der Waals surface area contributed by atoms with E-state index >= 15 is 0 Å². The van der Waals surface area contributed by atoms with Crippen LogP contribution >= 0.6 is 0 Å². The number of halogens is 4. The van der Waals surface area contributed by atoms with Crippen LogP contribution in [0.5, 0.6) is 11.8 Å². The number of alkyl halides is 3. The van der Waals surface area contributed by atoms with Crippen molar-refractivity contribution in [2.45, 2.75) is 37.8 Å². The van der Waals surface area contributed by atoms with E-state index in [4.69, 9.17) is 14.0 Å². The van der Waals surface area contributed by atoms with Crippen LogP contribution in [0.2, 0.25) is 0 Å². The van der Waals surface area contributed by atoms with Gasteiger partial charge in [-0.15, -0.1) is 0 Å². The Morgan fingerprint density at radius 3 is 2.53 bits per heavy atom. The minimum absolute atomic E-state index is 0.183. The Morgan fingerprint density at radius 1 is 1.10 bits per heavy atom. The van der Waals surface area contributed by atoms with Gasteiger partial charge < -0.3 is 19.1 Å². The standard InChI is InChI=1S/C20H16F4N2O4/c21-13-2-3-16(20(22,23)24)12(5-13)10-28-14-6-15(7-14)29-19-4-1-11(9-25-19)17-8-18(27)26-30-17/h1-5,8-9,14-15H,6-7,10H2,(H,26,27)/t14-,15+. The highest BCUT2D eigenvalue weighted by atomic mass is 19.4. The molecule has 2 heterocycles. The highest BCUT2D eigenvalue weighted by molar-refractivity contribution is 5.57. The first-order valence-corrected chi connectivity index (χ1v) is 9.04. The van der Waals surface area contributed by atoms with E-state index in [9.17, 15) is 22.7 Å². The maximum absolute atomic E-state index is 13.3. The Bertz CT molecular complexity index is 1010. The Hall–Kier alpha value is -3.14. The summed E-state index contributed by atoms with van der Waals surface area (Å²) < 4.78 is 68.5. The lowest BCUT2D eigenvalue weighted by Gasteiger charge is -2.35. The van der Waals surface area contributed by atoms with E-state index in [1.807, 2.05) is 0 Å². The third-order valence-corrected chi connectivity index (χ3v) is 4.70. The topological polar surface area (TPSA) is 77.6 Å². The van der Waals surface area contributed by atoms with Gasteiger partial charge in [0.15, 0.2) is 5.76 Å². The molecule has 1 aromatic carbocycles. The fourth-order valence-electron chi connectivity index (χ4n) is 3.08. The van der Waals surface area contributed by atoms with Crippen LogP contribution in [-0.4, -0.2) is 27.5 Å². The quantitative estimate of drug-likeness (QED) is 0.577. The molecular formula is C20H16F4N2O4. The fraction of sp³-hybridized carbons (Fsp3) is 0.300. The molecule has 2 aromatic heterocycles. The number of ether oxygens (including phenoxy) is 2. The van der Waals surface area contributed by atoms with Crippen molar-refractivity contribution in [3.63, 3.8) is 0 Å². The zero-order chi connectivity index (χ0) is 21.3. The number of aromatic hydroxyl groups is 1. The van der Waals surface area contributed by atoms with Crippen LogP contribution < -0.4 is 4.74 Å². The summed E-state index contributed by atoms with van der Waals surface area (Å²) in [5.41, 5.74) is -0.525. The fourth-order valence-corrected chi connectivity index (χ4v) is 3.08. The smallest absolute Gasteiger partial charge is 0.416 e. The SMILES string of the molecule is Oc1cc(-c2ccc(O[C@H]3C[C@@H](OCc4cc(F)ccc4C(F)(F)F)C3)nc2)on1. The van der Waals surface area contributed by atoms with Crippen molar-refractivity contribution in [2.24, 2.45) is 0 Å². The van der Waals surface area contributed by atoms with Gasteiger partial charge in [-0.2, -0.15) is 13.2 Å². The maximum atomic E-state index is 13.3. The first-order valence-electron chi connectivity index (χ1n) is 9.04. The first-order chi connectivity index (χ1) is 14.3. The predicted molar refractivity (Wildman–Crippen MR) is 95.0 cm³/mol. The van der Waals surface area contributed by atoms with Gasteiger partial charge in [0.1, 0.15) is 11.9 Å². The molecule has 0 aliphatic heterocycles. The molecule has 1 aliphatic carbocycles. The van der Waals surface area contributed by atoms with E-state index in [-0.39, 0.29) is 30.3 Å². The molecule has 1 aliphatic rings. The van der Waals surface area contributed by atoms with Gasteiger partial charge in [0.25, 0.3) is 5.88 Å². The summed E-state index contributed by atoms with van der Waals surface area (Å²) in [6, 6.07) is 7.02. The molecule has 0 unspecified atom stereocenters. The minimum Gasteiger partial charge on any atom is -0.491 e. The van der Waals surface area contributed by atoms with Gasteiger partial charge in [-0.05, 0) is 35.0 Å². The third kappa shape index (κ3) is 4.54. The zero-order valence-corrected chi connectivity index (χ0v) is 15.4. The van der Waals surface area contributed by atoms with Crippen LogP contribution in [0.25, 0.3) is 11.3 Å². The van der Waals surface area contributed by atoms with E-state index in [2.05, 4.69) is 10.1 Å². The Balaban J connectivity index is 1.28. The van der Waals surface area contributed by atoms with Crippen molar-refractivity contribution in [1.82, 2.24) is 10.1 Å². The molecule has 6 nitrogen and oxygen atoms in total. The van der Waals surface area contributed by atoms with Crippen LogP contribution in [-0.2, 0) is 17.5 Å². The molecule has 0 spiro atoms. The number of benzene rings is 1. The highest BCUT2D eigenvalue weighted by Gasteiger charge is 2.35. The lowest BCUT2D eigenvalue weighted by molar-refractivity contribution is -0.140. The Labute approximate surface area is 168 Å². The van der Waals surface area contributed by atoms with Crippen molar-refractivity contribution in [2.75, 3.05) is 0 Å². The molecule has 1 N–H and O–H groups in total. The number of aromatic nitrogens is 2. The van der Waals surface area contributed by atoms with Gasteiger partial charge in [-0.3, -0.25) is 0 Å². The molecule has 0 radical (unpaired) electrons. The van der Waals surface area contributed by atoms with Gasteiger partial charge in [0.05, 0.1) is 18.3 Å². The van der Waals surface area contributed by atoms with Crippen LogP contribution in [0, 0.1) is 5.82 Å². The summed E-state index contributed by atoms with van der Waals surface area (Å²) in [7, 11) is 0. The van der Waals surface area contributed by atoms with Crippen molar-refractivity contribution < 1.29 is 36.7 Å². The number of nitrogens with zero attached hydrogens (tertiary/aromatic N) is 2. The van der Waals surface area contributed by atoms with Gasteiger partial charge in [0.2, 0.25) is 5.88 Å². The van der Waals surface area contributed by atoms with E-state index in [0.717, 1.165) is 18.2 Å². The molecule has 30 heavy (non-hydrogen) atoms. The van der Waals surface area contributed by atoms with Gasteiger partial charge >= 0.3 is 6.18 Å². The molecule has 158 valence electrons. The van der Waals surface area contributed by atoms with E-state index in [1.165, 1.54) is 12.3 Å². The summed E-state index contributed by atoms with van der Waals surface area (Å²) >= 11 is 0. The number of rotatable bonds is 6. The second-order valence-electron chi connectivity index (χ2n) is 6.88. The normalized spacial score (nSPS) is 18.8. The summed E-state index contributed by atoms with van der Waals surface area (Å²) in [5, 5.41) is 12.6. The van der Waals surface area contributed by atoms with Crippen molar-refractivity contribution in [1.29, 1.82) is 0 Å². The lowest BCUT2D eigenvalue weighted by Crippen LogP contribution is -2.39. The van der Waals surface area contributed by atoms with Crippen LogP contribution in [0.4, 0.5) is 17.6 Å². The molecule has 1 fully saturated rings. The molecule has 0 saturated heterocycles. The highest BCUT2D eigenvalue weighted by Crippen LogP contribution is 2.34. The average Bonchev–Trinajstić information content (AvgIpc) is 3.09. The van der Waals surface area contributed by atoms with Gasteiger partial charge in [0, 0.05) is 36.7 Å².